The molecule has 2 nitrogen and oxygen atoms in total. The topological polar surface area (TPSA) is 15.3 Å². The lowest BCUT2D eigenvalue weighted by molar-refractivity contribution is 0.321. The van der Waals surface area contributed by atoms with Gasteiger partial charge >= 0.3 is 0 Å². The summed E-state index contributed by atoms with van der Waals surface area (Å²) in [5.74, 6) is 0.813. The summed E-state index contributed by atoms with van der Waals surface area (Å²) in [7, 11) is 2.26. The van der Waals surface area contributed by atoms with Crippen molar-refractivity contribution in [3.8, 4) is 0 Å². The lowest BCUT2D eigenvalue weighted by Crippen LogP contribution is -2.38. The SMILES string of the molecule is CCCNC(C)c1ccc(N(C)C2CCCCC2C)cc1. The fourth-order valence-electron chi connectivity index (χ4n) is 3.54. The quantitative estimate of drug-likeness (QED) is 0.811. The normalized spacial score (nSPS) is 23.8. The standard InChI is InChI=1S/C19H32N2/c1-5-14-20-16(3)17-10-12-18(13-11-17)21(4)19-9-7-6-8-15(19)2/h10-13,15-16,19-20H,5-9,14H2,1-4H3. The number of hydrogen-bond donors (Lipinski definition) is 1. The van der Waals surface area contributed by atoms with Crippen molar-refractivity contribution in [2.75, 3.05) is 18.5 Å². The maximum Gasteiger partial charge on any atom is 0.0366 e. The highest BCUT2D eigenvalue weighted by molar-refractivity contribution is 5.48. The molecular weight excluding hydrogens is 256 g/mol. The van der Waals surface area contributed by atoms with Gasteiger partial charge < -0.3 is 10.2 Å². The zero-order valence-electron chi connectivity index (χ0n) is 14.2. The summed E-state index contributed by atoms with van der Waals surface area (Å²) < 4.78 is 0. The monoisotopic (exact) mass is 288 g/mol. The number of rotatable bonds is 6. The summed E-state index contributed by atoms with van der Waals surface area (Å²) in [6.45, 7) is 7.95. The summed E-state index contributed by atoms with van der Waals surface area (Å²) in [6.07, 6.45) is 6.70. The molecule has 0 aromatic heterocycles. The van der Waals surface area contributed by atoms with E-state index >= 15 is 0 Å². The Morgan fingerprint density at radius 2 is 1.86 bits per heavy atom. The lowest BCUT2D eigenvalue weighted by atomic mass is 9.85. The van der Waals surface area contributed by atoms with Crippen molar-refractivity contribution in [1.82, 2.24) is 5.32 Å². The van der Waals surface area contributed by atoms with Crippen molar-refractivity contribution in [1.29, 1.82) is 0 Å². The van der Waals surface area contributed by atoms with E-state index in [0.717, 1.165) is 12.5 Å². The van der Waals surface area contributed by atoms with Gasteiger partial charge in [-0.3, -0.25) is 0 Å². The van der Waals surface area contributed by atoms with Crippen molar-refractivity contribution in [3.05, 3.63) is 29.8 Å². The van der Waals surface area contributed by atoms with Crippen LogP contribution in [-0.2, 0) is 0 Å². The average molecular weight is 288 g/mol. The largest absolute Gasteiger partial charge is 0.371 e. The Morgan fingerprint density at radius 3 is 2.48 bits per heavy atom. The van der Waals surface area contributed by atoms with E-state index in [9.17, 15) is 0 Å². The van der Waals surface area contributed by atoms with Crippen LogP contribution < -0.4 is 10.2 Å². The van der Waals surface area contributed by atoms with Crippen molar-refractivity contribution in [2.45, 2.75) is 65.0 Å². The van der Waals surface area contributed by atoms with Gasteiger partial charge in [0.1, 0.15) is 0 Å². The van der Waals surface area contributed by atoms with Gasteiger partial charge in [0.2, 0.25) is 0 Å². The summed E-state index contributed by atoms with van der Waals surface area (Å²) in [6, 6.07) is 10.3. The molecule has 0 aliphatic heterocycles. The van der Waals surface area contributed by atoms with E-state index in [4.69, 9.17) is 0 Å². The van der Waals surface area contributed by atoms with Gasteiger partial charge in [0.25, 0.3) is 0 Å². The Labute approximate surface area is 130 Å². The molecule has 1 aliphatic carbocycles. The molecule has 0 bridgehead atoms. The average Bonchev–Trinajstić information content (AvgIpc) is 2.52. The van der Waals surface area contributed by atoms with Crippen LogP contribution in [0.15, 0.2) is 24.3 Å². The highest BCUT2D eigenvalue weighted by atomic mass is 15.1. The zero-order chi connectivity index (χ0) is 15.2. The summed E-state index contributed by atoms with van der Waals surface area (Å²) in [5.41, 5.74) is 2.75. The van der Waals surface area contributed by atoms with E-state index in [-0.39, 0.29) is 0 Å². The van der Waals surface area contributed by atoms with Gasteiger partial charge in [-0.1, -0.05) is 38.8 Å². The van der Waals surface area contributed by atoms with E-state index in [1.807, 2.05) is 0 Å². The van der Waals surface area contributed by atoms with Crippen LogP contribution in [0.25, 0.3) is 0 Å². The van der Waals surface area contributed by atoms with Crippen LogP contribution in [0.5, 0.6) is 0 Å². The first-order valence-electron chi connectivity index (χ1n) is 8.69. The van der Waals surface area contributed by atoms with E-state index in [0.29, 0.717) is 12.1 Å². The predicted octanol–water partition coefficient (Wildman–Crippen LogP) is 4.76. The number of anilines is 1. The van der Waals surface area contributed by atoms with Crippen molar-refractivity contribution in [3.63, 3.8) is 0 Å². The van der Waals surface area contributed by atoms with Gasteiger partial charge in [-0.05, 0) is 56.3 Å². The molecule has 0 spiro atoms. The second-order valence-corrected chi connectivity index (χ2v) is 6.71. The van der Waals surface area contributed by atoms with Crippen LogP contribution >= 0.6 is 0 Å². The molecule has 1 aliphatic rings. The molecular formula is C19H32N2. The van der Waals surface area contributed by atoms with Crippen LogP contribution in [0.1, 0.15) is 64.5 Å². The van der Waals surface area contributed by atoms with Gasteiger partial charge in [0.15, 0.2) is 0 Å². The molecule has 1 saturated carbocycles. The first kappa shape index (κ1) is 16.4. The summed E-state index contributed by atoms with van der Waals surface area (Å²) in [4.78, 5) is 2.50. The Hall–Kier alpha value is -1.02. The lowest BCUT2D eigenvalue weighted by Gasteiger charge is -2.37. The molecule has 3 unspecified atom stereocenters. The maximum absolute atomic E-state index is 3.55. The van der Waals surface area contributed by atoms with Crippen LogP contribution in [0.3, 0.4) is 0 Å². The molecule has 1 N–H and O–H groups in total. The molecule has 0 amide bonds. The van der Waals surface area contributed by atoms with Crippen LogP contribution in [-0.4, -0.2) is 19.6 Å². The van der Waals surface area contributed by atoms with Gasteiger partial charge in [-0.25, -0.2) is 0 Å². The highest BCUT2D eigenvalue weighted by Gasteiger charge is 2.25. The third kappa shape index (κ3) is 4.23. The van der Waals surface area contributed by atoms with Gasteiger partial charge in [0, 0.05) is 24.8 Å². The molecule has 1 aromatic rings. The minimum absolute atomic E-state index is 0.443. The Balaban J connectivity index is 2.00. The summed E-state index contributed by atoms with van der Waals surface area (Å²) in [5, 5.41) is 3.55. The van der Waals surface area contributed by atoms with Crippen LogP contribution in [0, 0.1) is 5.92 Å². The molecule has 0 saturated heterocycles. The third-order valence-corrected chi connectivity index (χ3v) is 5.06. The van der Waals surface area contributed by atoms with Crippen molar-refractivity contribution in [2.24, 2.45) is 5.92 Å². The molecule has 3 atom stereocenters. The highest BCUT2D eigenvalue weighted by Crippen LogP contribution is 2.30. The molecule has 118 valence electrons. The fourth-order valence-corrected chi connectivity index (χ4v) is 3.54. The number of hydrogen-bond acceptors (Lipinski definition) is 2. The summed E-state index contributed by atoms with van der Waals surface area (Å²) >= 11 is 0. The number of nitrogens with one attached hydrogen (secondary N) is 1. The van der Waals surface area contributed by atoms with Crippen molar-refractivity contribution >= 4 is 5.69 Å². The number of benzene rings is 1. The second kappa shape index (κ2) is 7.84. The molecule has 0 radical (unpaired) electrons. The molecule has 2 rings (SSSR count). The number of nitrogens with zero attached hydrogens (tertiary/aromatic N) is 1. The molecule has 21 heavy (non-hydrogen) atoms. The Bertz CT molecular complexity index is 412. The van der Waals surface area contributed by atoms with Gasteiger partial charge in [-0.15, -0.1) is 0 Å². The van der Waals surface area contributed by atoms with Crippen molar-refractivity contribution < 1.29 is 0 Å². The van der Waals surface area contributed by atoms with E-state index in [1.54, 1.807) is 0 Å². The Morgan fingerprint density at radius 1 is 1.19 bits per heavy atom. The van der Waals surface area contributed by atoms with E-state index < -0.39 is 0 Å². The first-order chi connectivity index (χ1) is 10.1. The van der Waals surface area contributed by atoms with Crippen LogP contribution in [0.2, 0.25) is 0 Å². The molecule has 1 aromatic carbocycles. The predicted molar refractivity (Wildman–Crippen MR) is 93.0 cm³/mol. The Kier molecular flexibility index (Phi) is 6.10. The molecule has 1 fully saturated rings. The minimum Gasteiger partial charge on any atom is -0.371 e. The minimum atomic E-state index is 0.443. The van der Waals surface area contributed by atoms with E-state index in [2.05, 4.69) is 62.3 Å². The maximum atomic E-state index is 3.55. The molecule has 0 heterocycles. The zero-order valence-corrected chi connectivity index (χ0v) is 14.2. The van der Waals surface area contributed by atoms with E-state index in [1.165, 1.54) is 43.4 Å². The fraction of sp³-hybridized carbons (Fsp3) is 0.684. The van der Waals surface area contributed by atoms with Gasteiger partial charge in [-0.2, -0.15) is 0 Å². The third-order valence-electron chi connectivity index (χ3n) is 5.06. The van der Waals surface area contributed by atoms with Gasteiger partial charge in [0.05, 0.1) is 0 Å². The van der Waals surface area contributed by atoms with Crippen LogP contribution in [0.4, 0.5) is 5.69 Å². The molecule has 2 heteroatoms. The first-order valence-corrected chi connectivity index (χ1v) is 8.69. The smallest absolute Gasteiger partial charge is 0.0366 e. The second-order valence-electron chi connectivity index (χ2n) is 6.71.